The molecule has 3 fully saturated rings. The Hall–Kier alpha value is -1.26. The van der Waals surface area contributed by atoms with Gasteiger partial charge in [-0.1, -0.05) is 13.0 Å². The molecule has 1 aromatic carbocycles. The van der Waals surface area contributed by atoms with Gasteiger partial charge in [0, 0.05) is 29.6 Å². The molecule has 4 heteroatoms. The van der Waals surface area contributed by atoms with Crippen molar-refractivity contribution in [3.05, 3.63) is 23.3 Å². The van der Waals surface area contributed by atoms with E-state index in [2.05, 4.69) is 17.9 Å². The van der Waals surface area contributed by atoms with Crippen LogP contribution in [0.2, 0.25) is 0 Å². The number of phenolic OH excluding ortho intramolecular Hbond substituents is 1. The van der Waals surface area contributed by atoms with Crippen LogP contribution in [0.1, 0.15) is 50.2 Å². The number of piperidine rings is 1. The quantitative estimate of drug-likeness (QED) is 0.869. The smallest absolute Gasteiger partial charge is 0.165 e. The highest BCUT2D eigenvalue weighted by Crippen LogP contribution is 2.68. The van der Waals surface area contributed by atoms with Crippen LogP contribution in [0.3, 0.4) is 0 Å². The van der Waals surface area contributed by atoms with Crippen LogP contribution in [-0.4, -0.2) is 41.3 Å². The van der Waals surface area contributed by atoms with Gasteiger partial charge in [-0.3, -0.25) is 4.90 Å². The van der Waals surface area contributed by atoms with E-state index in [1.54, 1.807) is 0 Å². The molecule has 3 aliphatic carbocycles. The summed E-state index contributed by atoms with van der Waals surface area (Å²) in [5.41, 5.74) is 9.49. The zero-order valence-electron chi connectivity index (χ0n) is 15.0. The number of ether oxygens (including phenoxy) is 1. The van der Waals surface area contributed by atoms with Crippen LogP contribution in [0.5, 0.6) is 11.5 Å². The topological polar surface area (TPSA) is 58.7 Å². The van der Waals surface area contributed by atoms with Gasteiger partial charge < -0.3 is 15.6 Å². The van der Waals surface area contributed by atoms with Crippen molar-refractivity contribution in [3.8, 4) is 11.5 Å². The molecule has 4 nitrogen and oxygen atoms in total. The lowest BCUT2D eigenvalue weighted by Crippen LogP contribution is -2.73. The van der Waals surface area contributed by atoms with Crippen molar-refractivity contribution < 1.29 is 9.84 Å². The monoisotopic (exact) mass is 340 g/mol. The average Bonchev–Trinajstić information content (AvgIpc) is 3.32. The molecule has 5 atom stereocenters. The summed E-state index contributed by atoms with van der Waals surface area (Å²) < 4.78 is 6.42. The van der Waals surface area contributed by atoms with E-state index in [1.807, 2.05) is 6.07 Å². The van der Waals surface area contributed by atoms with E-state index >= 15 is 0 Å². The summed E-state index contributed by atoms with van der Waals surface area (Å²) in [4.78, 5) is 2.80. The average molecular weight is 340 g/mol. The third-order valence-corrected chi connectivity index (χ3v) is 8.38. The van der Waals surface area contributed by atoms with Crippen molar-refractivity contribution in [1.82, 2.24) is 4.90 Å². The lowest BCUT2D eigenvalue weighted by Gasteiger charge is -2.65. The van der Waals surface area contributed by atoms with E-state index < -0.39 is 0 Å². The molecular formula is C21H28N2O2. The van der Waals surface area contributed by atoms with E-state index in [-0.39, 0.29) is 23.0 Å². The van der Waals surface area contributed by atoms with Gasteiger partial charge in [-0.2, -0.15) is 0 Å². The molecule has 2 saturated carbocycles. The number of benzene rings is 1. The Morgan fingerprint density at radius 3 is 2.92 bits per heavy atom. The predicted octanol–water partition coefficient (Wildman–Crippen LogP) is 2.56. The molecule has 1 spiro atoms. The van der Waals surface area contributed by atoms with Gasteiger partial charge >= 0.3 is 0 Å². The maximum absolute atomic E-state index is 10.5. The Kier molecular flexibility index (Phi) is 2.69. The fourth-order valence-electron chi connectivity index (χ4n) is 6.97. The molecule has 2 bridgehead atoms. The van der Waals surface area contributed by atoms with Crippen molar-refractivity contribution >= 4 is 0 Å². The van der Waals surface area contributed by atoms with Crippen LogP contribution in [0.15, 0.2) is 12.1 Å². The fourth-order valence-corrected chi connectivity index (χ4v) is 6.97. The molecule has 5 aliphatic rings. The molecule has 1 aromatic rings. The third kappa shape index (κ3) is 1.62. The summed E-state index contributed by atoms with van der Waals surface area (Å²) in [7, 11) is 0. The van der Waals surface area contributed by atoms with Gasteiger partial charge in [-0.15, -0.1) is 0 Å². The summed E-state index contributed by atoms with van der Waals surface area (Å²) in [6, 6.07) is 4.64. The van der Waals surface area contributed by atoms with Gasteiger partial charge in [-0.05, 0) is 68.0 Å². The first-order valence-electron chi connectivity index (χ1n) is 10.1. The van der Waals surface area contributed by atoms with Crippen LogP contribution in [0.4, 0.5) is 0 Å². The zero-order valence-corrected chi connectivity index (χ0v) is 15.0. The highest BCUT2D eigenvalue weighted by atomic mass is 16.5. The van der Waals surface area contributed by atoms with Crippen LogP contribution in [0, 0.1) is 11.3 Å². The van der Waals surface area contributed by atoms with Crippen molar-refractivity contribution in [3.63, 3.8) is 0 Å². The van der Waals surface area contributed by atoms with Gasteiger partial charge in [0.1, 0.15) is 6.10 Å². The van der Waals surface area contributed by atoms with Crippen molar-refractivity contribution in [1.29, 1.82) is 0 Å². The Bertz CT molecular complexity index is 761. The third-order valence-electron chi connectivity index (χ3n) is 8.38. The van der Waals surface area contributed by atoms with Crippen LogP contribution in [0.25, 0.3) is 0 Å². The predicted molar refractivity (Wildman–Crippen MR) is 95.9 cm³/mol. The number of nitrogens with two attached hydrogens (primary N) is 1. The molecule has 1 unspecified atom stereocenters. The molecule has 134 valence electrons. The van der Waals surface area contributed by atoms with E-state index in [0.29, 0.717) is 11.8 Å². The van der Waals surface area contributed by atoms with Crippen LogP contribution < -0.4 is 10.5 Å². The normalized spacial score (nSPS) is 44.3. The highest BCUT2D eigenvalue weighted by Gasteiger charge is 2.70. The molecule has 1 saturated heterocycles. The van der Waals surface area contributed by atoms with Gasteiger partial charge in [-0.25, -0.2) is 0 Å². The maximum atomic E-state index is 10.5. The standard InChI is InChI=1S/C21H28N2O2/c1-20-7-6-14(22)19-21(20)8-9-23(11-12-2-3-12)16(20)10-13-4-5-15(24)18(25-19)17(13)21/h4-5,12,14,16,19,24H,2-3,6-11,22H2,1H3/t14-,16?,19+,20+,21+/m1/s1. The molecule has 3 N–H and O–H groups in total. The zero-order chi connectivity index (χ0) is 17.0. The van der Waals surface area contributed by atoms with Crippen molar-refractivity contribution in [2.24, 2.45) is 17.1 Å². The Balaban J connectivity index is 1.57. The molecular weight excluding hydrogens is 312 g/mol. The number of hydrogen-bond acceptors (Lipinski definition) is 4. The van der Waals surface area contributed by atoms with Crippen molar-refractivity contribution in [2.45, 2.75) is 69.1 Å². The van der Waals surface area contributed by atoms with Crippen LogP contribution in [-0.2, 0) is 11.8 Å². The minimum atomic E-state index is -0.00294. The SMILES string of the molecule is C[C@@]12CC[C@@H](N)[C@@H]3Oc4c(O)ccc5c4[C@@]31CCN(CC1CC1)C2C5. The first kappa shape index (κ1) is 14.9. The highest BCUT2D eigenvalue weighted by molar-refractivity contribution is 5.61. The Morgan fingerprint density at radius 2 is 2.12 bits per heavy atom. The summed E-state index contributed by atoms with van der Waals surface area (Å²) in [5.74, 6) is 1.98. The molecule has 25 heavy (non-hydrogen) atoms. The summed E-state index contributed by atoms with van der Waals surface area (Å²) in [5, 5.41) is 10.5. The first-order valence-corrected chi connectivity index (χ1v) is 10.1. The molecule has 0 amide bonds. The molecule has 0 aromatic heterocycles. The maximum Gasteiger partial charge on any atom is 0.165 e. The van der Waals surface area contributed by atoms with Crippen LogP contribution >= 0.6 is 0 Å². The van der Waals surface area contributed by atoms with Gasteiger partial charge in [0.25, 0.3) is 0 Å². The molecule has 0 radical (unpaired) electrons. The summed E-state index contributed by atoms with van der Waals surface area (Å²) in [6.07, 6.45) is 7.27. The molecule has 2 aliphatic heterocycles. The number of phenols is 1. The number of likely N-dealkylation sites (tertiary alicyclic amines) is 1. The minimum Gasteiger partial charge on any atom is -0.504 e. The second-order valence-corrected chi connectivity index (χ2v) is 9.49. The van der Waals surface area contributed by atoms with E-state index in [9.17, 15) is 5.11 Å². The minimum absolute atomic E-state index is 0.00294. The Labute approximate surface area is 149 Å². The molecule has 6 rings (SSSR count). The van der Waals surface area contributed by atoms with E-state index in [0.717, 1.165) is 37.5 Å². The number of rotatable bonds is 2. The lowest BCUT2D eigenvalue weighted by molar-refractivity contribution is -0.121. The summed E-state index contributed by atoms with van der Waals surface area (Å²) in [6.45, 7) is 4.92. The van der Waals surface area contributed by atoms with Crippen molar-refractivity contribution in [2.75, 3.05) is 13.1 Å². The largest absolute Gasteiger partial charge is 0.504 e. The second-order valence-electron chi connectivity index (χ2n) is 9.49. The van der Waals surface area contributed by atoms with Gasteiger partial charge in [0.15, 0.2) is 11.5 Å². The Morgan fingerprint density at radius 1 is 1.28 bits per heavy atom. The summed E-state index contributed by atoms with van der Waals surface area (Å²) >= 11 is 0. The number of aromatic hydroxyl groups is 1. The number of nitrogens with zero attached hydrogens (tertiary/aromatic N) is 1. The second kappa shape index (κ2) is 4.52. The molecule has 2 heterocycles. The first-order chi connectivity index (χ1) is 12.0. The van der Waals surface area contributed by atoms with E-state index in [4.69, 9.17) is 10.5 Å². The lowest BCUT2D eigenvalue weighted by atomic mass is 9.43. The van der Waals surface area contributed by atoms with Gasteiger partial charge in [0.2, 0.25) is 0 Å². The van der Waals surface area contributed by atoms with E-state index in [1.165, 1.54) is 36.9 Å². The number of hydrogen-bond donors (Lipinski definition) is 2. The van der Waals surface area contributed by atoms with Gasteiger partial charge in [0.05, 0.1) is 0 Å². The fraction of sp³-hybridized carbons (Fsp3) is 0.714.